The number of unbranched alkanes of at least 4 members (excludes halogenated alkanes) is 1. The van der Waals surface area contributed by atoms with Gasteiger partial charge in [0.25, 0.3) is 0 Å². The average molecular weight is 336 g/mol. The molecule has 0 atom stereocenters. The topological polar surface area (TPSA) is 97.5 Å². The van der Waals surface area contributed by atoms with E-state index in [4.69, 9.17) is 10.5 Å². The number of rotatable bonds is 7. The zero-order chi connectivity index (χ0) is 18.2. The van der Waals surface area contributed by atoms with Gasteiger partial charge in [0.05, 0.1) is 0 Å². The largest absolute Gasteiger partial charge is 0.444 e. The first-order chi connectivity index (χ1) is 11.2. The van der Waals surface area contributed by atoms with Gasteiger partial charge < -0.3 is 20.7 Å². The minimum absolute atomic E-state index is 0.0945. The number of amides is 2. The fourth-order valence-corrected chi connectivity index (χ4v) is 1.89. The molecule has 0 aromatic carbocycles. The third-order valence-corrected chi connectivity index (χ3v) is 3.18. The van der Waals surface area contributed by atoms with E-state index in [0.717, 1.165) is 12.0 Å². The van der Waals surface area contributed by atoms with Gasteiger partial charge in [-0.25, -0.2) is 9.78 Å². The second-order valence-electron chi connectivity index (χ2n) is 6.66. The van der Waals surface area contributed by atoms with Crippen molar-refractivity contribution >= 4 is 17.8 Å². The molecule has 0 saturated heterocycles. The monoisotopic (exact) mass is 336 g/mol. The van der Waals surface area contributed by atoms with Crippen molar-refractivity contribution in [3.8, 4) is 0 Å². The van der Waals surface area contributed by atoms with Gasteiger partial charge in [-0.1, -0.05) is 6.07 Å². The third-order valence-electron chi connectivity index (χ3n) is 3.18. The summed E-state index contributed by atoms with van der Waals surface area (Å²) in [5.74, 6) is 0.422. The molecule has 1 rings (SSSR count). The molecule has 0 radical (unpaired) electrons. The maximum atomic E-state index is 11.9. The van der Waals surface area contributed by atoms with Gasteiger partial charge in [-0.2, -0.15) is 0 Å². The quantitative estimate of drug-likeness (QED) is 0.746. The minimum atomic E-state index is -0.502. The number of aromatic nitrogens is 1. The highest BCUT2D eigenvalue weighted by Gasteiger charge is 2.19. The standard InChI is InChI=1S/C17H28N4O3/c1-17(2,3)24-16(23)21(4)10-6-5-7-15(22)20-14-9-8-13(11-18)12-19-14/h8-9,12H,5-7,10-11,18H2,1-4H3,(H,19,20,22). The Morgan fingerprint density at radius 2 is 2.00 bits per heavy atom. The summed E-state index contributed by atoms with van der Waals surface area (Å²) in [7, 11) is 1.69. The summed E-state index contributed by atoms with van der Waals surface area (Å²) < 4.78 is 5.27. The van der Waals surface area contributed by atoms with E-state index < -0.39 is 5.60 Å². The molecular weight excluding hydrogens is 308 g/mol. The van der Waals surface area contributed by atoms with Crippen LogP contribution in [-0.2, 0) is 16.1 Å². The molecule has 1 heterocycles. The van der Waals surface area contributed by atoms with Crippen LogP contribution in [0.5, 0.6) is 0 Å². The van der Waals surface area contributed by atoms with E-state index in [1.165, 1.54) is 4.90 Å². The van der Waals surface area contributed by atoms with E-state index in [1.807, 2.05) is 26.8 Å². The number of carbonyl (C=O) groups is 2. The lowest BCUT2D eigenvalue weighted by Crippen LogP contribution is -2.34. The van der Waals surface area contributed by atoms with Crippen LogP contribution in [0.25, 0.3) is 0 Å². The van der Waals surface area contributed by atoms with Crippen LogP contribution in [-0.4, -0.2) is 41.1 Å². The van der Waals surface area contributed by atoms with Crippen molar-refractivity contribution in [2.75, 3.05) is 18.9 Å². The van der Waals surface area contributed by atoms with Crippen LogP contribution in [0.4, 0.5) is 10.6 Å². The Labute approximate surface area is 143 Å². The lowest BCUT2D eigenvalue weighted by Gasteiger charge is -2.24. The molecule has 0 fully saturated rings. The summed E-state index contributed by atoms with van der Waals surface area (Å²) in [6, 6.07) is 3.56. The van der Waals surface area contributed by atoms with Gasteiger partial charge in [-0.3, -0.25) is 4.79 Å². The number of hydrogen-bond donors (Lipinski definition) is 2. The Morgan fingerprint density at radius 1 is 1.29 bits per heavy atom. The first-order valence-corrected chi connectivity index (χ1v) is 8.10. The van der Waals surface area contributed by atoms with Gasteiger partial charge in [0.2, 0.25) is 5.91 Å². The summed E-state index contributed by atoms with van der Waals surface area (Å²) >= 11 is 0. The number of ether oxygens (including phenoxy) is 1. The molecule has 0 aliphatic rings. The van der Waals surface area contributed by atoms with Crippen LogP contribution in [0, 0.1) is 0 Å². The lowest BCUT2D eigenvalue weighted by molar-refractivity contribution is -0.116. The number of carbonyl (C=O) groups excluding carboxylic acids is 2. The number of anilines is 1. The van der Waals surface area contributed by atoms with Gasteiger partial charge in [-0.15, -0.1) is 0 Å². The smallest absolute Gasteiger partial charge is 0.410 e. The van der Waals surface area contributed by atoms with Crippen molar-refractivity contribution in [2.24, 2.45) is 5.73 Å². The lowest BCUT2D eigenvalue weighted by atomic mass is 10.2. The zero-order valence-electron chi connectivity index (χ0n) is 15.0. The second-order valence-corrected chi connectivity index (χ2v) is 6.66. The van der Waals surface area contributed by atoms with Crippen LogP contribution < -0.4 is 11.1 Å². The molecule has 2 amide bonds. The molecular formula is C17H28N4O3. The van der Waals surface area contributed by atoms with E-state index >= 15 is 0 Å². The Balaban J connectivity index is 2.24. The van der Waals surface area contributed by atoms with Gasteiger partial charge >= 0.3 is 6.09 Å². The van der Waals surface area contributed by atoms with E-state index in [1.54, 1.807) is 19.3 Å². The van der Waals surface area contributed by atoms with Gasteiger partial charge in [0, 0.05) is 32.8 Å². The highest BCUT2D eigenvalue weighted by molar-refractivity contribution is 5.89. The van der Waals surface area contributed by atoms with E-state index in [2.05, 4.69) is 10.3 Å². The number of pyridine rings is 1. The van der Waals surface area contributed by atoms with Crippen LogP contribution in [0.15, 0.2) is 18.3 Å². The third kappa shape index (κ3) is 7.92. The number of nitrogens with one attached hydrogen (secondary N) is 1. The summed E-state index contributed by atoms with van der Waals surface area (Å²) in [5, 5.41) is 2.74. The Bertz CT molecular complexity index is 538. The normalized spacial score (nSPS) is 11.0. The van der Waals surface area contributed by atoms with Crippen molar-refractivity contribution in [1.82, 2.24) is 9.88 Å². The number of nitrogens with two attached hydrogens (primary N) is 1. The molecule has 24 heavy (non-hydrogen) atoms. The Morgan fingerprint density at radius 3 is 2.54 bits per heavy atom. The Kier molecular flexibility index (Phi) is 7.64. The SMILES string of the molecule is CN(CCCCC(=O)Nc1ccc(CN)cn1)C(=O)OC(C)(C)C. The molecule has 0 unspecified atom stereocenters. The van der Waals surface area contributed by atoms with Crippen LogP contribution >= 0.6 is 0 Å². The first-order valence-electron chi connectivity index (χ1n) is 8.10. The minimum Gasteiger partial charge on any atom is -0.444 e. The number of nitrogens with zero attached hydrogens (tertiary/aromatic N) is 2. The van der Waals surface area contributed by atoms with E-state index in [9.17, 15) is 9.59 Å². The van der Waals surface area contributed by atoms with Crippen molar-refractivity contribution in [2.45, 2.75) is 52.2 Å². The van der Waals surface area contributed by atoms with Crippen LogP contribution in [0.3, 0.4) is 0 Å². The molecule has 3 N–H and O–H groups in total. The van der Waals surface area contributed by atoms with Crippen molar-refractivity contribution in [3.63, 3.8) is 0 Å². The maximum absolute atomic E-state index is 11.9. The maximum Gasteiger partial charge on any atom is 0.410 e. The molecule has 1 aromatic rings. The molecule has 0 spiro atoms. The van der Waals surface area contributed by atoms with Gasteiger partial charge in [0.1, 0.15) is 11.4 Å². The predicted octanol–water partition coefficient (Wildman–Crippen LogP) is 2.52. The zero-order valence-corrected chi connectivity index (χ0v) is 15.0. The Hall–Kier alpha value is -2.15. The summed E-state index contributed by atoms with van der Waals surface area (Å²) in [6.45, 7) is 6.46. The highest BCUT2D eigenvalue weighted by Crippen LogP contribution is 2.10. The highest BCUT2D eigenvalue weighted by atomic mass is 16.6. The van der Waals surface area contributed by atoms with Crippen LogP contribution in [0.2, 0.25) is 0 Å². The molecule has 0 aliphatic carbocycles. The predicted molar refractivity (Wildman–Crippen MR) is 93.5 cm³/mol. The molecule has 0 bridgehead atoms. The average Bonchev–Trinajstić information content (AvgIpc) is 2.50. The fraction of sp³-hybridized carbons (Fsp3) is 0.588. The molecule has 7 nitrogen and oxygen atoms in total. The molecule has 7 heteroatoms. The molecule has 0 aliphatic heterocycles. The summed E-state index contributed by atoms with van der Waals surface area (Å²) in [6.07, 6.45) is 3.08. The number of hydrogen-bond acceptors (Lipinski definition) is 5. The van der Waals surface area contributed by atoms with Gasteiger partial charge in [0.15, 0.2) is 0 Å². The summed E-state index contributed by atoms with van der Waals surface area (Å²) in [5.41, 5.74) is 5.91. The second kappa shape index (κ2) is 9.22. The fourth-order valence-electron chi connectivity index (χ4n) is 1.89. The van der Waals surface area contributed by atoms with Crippen LogP contribution in [0.1, 0.15) is 45.6 Å². The van der Waals surface area contributed by atoms with Crippen molar-refractivity contribution in [1.29, 1.82) is 0 Å². The molecule has 134 valence electrons. The molecule has 1 aromatic heterocycles. The van der Waals surface area contributed by atoms with E-state index in [-0.39, 0.29) is 12.0 Å². The van der Waals surface area contributed by atoms with Gasteiger partial charge in [-0.05, 0) is 45.2 Å². The van der Waals surface area contributed by atoms with Crippen molar-refractivity contribution < 1.29 is 14.3 Å². The summed E-state index contributed by atoms with van der Waals surface area (Å²) in [4.78, 5) is 29.3. The first kappa shape index (κ1) is 19.9. The van der Waals surface area contributed by atoms with Crippen molar-refractivity contribution in [3.05, 3.63) is 23.9 Å². The molecule has 0 saturated carbocycles. The van der Waals surface area contributed by atoms with E-state index in [0.29, 0.717) is 31.7 Å².